The summed E-state index contributed by atoms with van der Waals surface area (Å²) in [6.07, 6.45) is 2.36. The van der Waals surface area contributed by atoms with Crippen molar-refractivity contribution in [3.63, 3.8) is 0 Å². The van der Waals surface area contributed by atoms with Crippen molar-refractivity contribution < 1.29 is 9.32 Å². The molecule has 0 saturated carbocycles. The third kappa shape index (κ3) is 3.08. The van der Waals surface area contributed by atoms with Crippen LogP contribution in [0.4, 0.5) is 5.82 Å². The Balaban J connectivity index is 1.89. The zero-order valence-corrected chi connectivity index (χ0v) is 14.0. The van der Waals surface area contributed by atoms with E-state index >= 15 is 0 Å². The van der Waals surface area contributed by atoms with Crippen molar-refractivity contribution in [3.8, 4) is 11.3 Å². The number of nitrogens with zero attached hydrogens (tertiary/aromatic N) is 3. The van der Waals surface area contributed by atoms with E-state index in [1.807, 2.05) is 48.0 Å². The minimum atomic E-state index is -0.264. The summed E-state index contributed by atoms with van der Waals surface area (Å²) in [5, 5.41) is 11.2. The molecule has 124 valence electrons. The highest BCUT2D eigenvalue weighted by molar-refractivity contribution is 6.07. The number of hydrogen-bond acceptors (Lipinski definition) is 4. The second kappa shape index (κ2) is 6.70. The van der Waals surface area contributed by atoms with Crippen LogP contribution in [0.15, 0.2) is 47.1 Å². The Morgan fingerprint density at radius 1 is 1.33 bits per heavy atom. The Morgan fingerprint density at radius 3 is 2.79 bits per heavy atom. The molecule has 3 rings (SSSR count). The molecule has 24 heavy (non-hydrogen) atoms. The van der Waals surface area contributed by atoms with E-state index in [-0.39, 0.29) is 11.9 Å². The summed E-state index contributed by atoms with van der Waals surface area (Å²) in [4.78, 5) is 12.7. The summed E-state index contributed by atoms with van der Waals surface area (Å²) in [6.45, 7) is 6.06. The quantitative estimate of drug-likeness (QED) is 0.768. The monoisotopic (exact) mass is 324 g/mol. The highest BCUT2D eigenvalue weighted by Crippen LogP contribution is 2.25. The molecule has 1 aromatic carbocycles. The number of carbonyl (C=O) groups excluding carboxylic acids is 1. The van der Waals surface area contributed by atoms with Crippen LogP contribution >= 0.6 is 0 Å². The van der Waals surface area contributed by atoms with Gasteiger partial charge in [0.2, 0.25) is 0 Å². The fraction of sp³-hybridized carbons (Fsp3) is 0.278. The first-order valence-electron chi connectivity index (χ1n) is 7.97. The zero-order valence-electron chi connectivity index (χ0n) is 14.0. The standard InChI is InChI=1S/C18H20N4O2/c1-4-13(3)22-16(10-12(2)21-22)20-18(23)15-11-19-24-17(15)14-8-6-5-7-9-14/h5-11,13H,4H2,1-3H3,(H,20,23). The SMILES string of the molecule is CCC(C)n1nc(C)cc1NC(=O)c1cnoc1-c1ccccc1. The summed E-state index contributed by atoms with van der Waals surface area (Å²) < 4.78 is 7.12. The van der Waals surface area contributed by atoms with E-state index < -0.39 is 0 Å². The average molecular weight is 324 g/mol. The molecule has 6 heteroatoms. The van der Waals surface area contributed by atoms with Crippen LogP contribution in [0.3, 0.4) is 0 Å². The molecule has 1 atom stereocenters. The lowest BCUT2D eigenvalue weighted by Gasteiger charge is -2.14. The first kappa shape index (κ1) is 16.0. The van der Waals surface area contributed by atoms with E-state index in [0.717, 1.165) is 17.7 Å². The van der Waals surface area contributed by atoms with Gasteiger partial charge in [-0.25, -0.2) is 4.68 Å². The van der Waals surface area contributed by atoms with Gasteiger partial charge >= 0.3 is 0 Å². The summed E-state index contributed by atoms with van der Waals surface area (Å²) in [5.74, 6) is 0.867. The zero-order chi connectivity index (χ0) is 17.1. The van der Waals surface area contributed by atoms with Crippen LogP contribution in [-0.2, 0) is 0 Å². The van der Waals surface area contributed by atoms with Gasteiger partial charge in [0.25, 0.3) is 5.91 Å². The molecule has 1 N–H and O–H groups in total. The number of rotatable bonds is 5. The second-order valence-corrected chi connectivity index (χ2v) is 5.76. The maximum Gasteiger partial charge on any atom is 0.262 e. The molecule has 1 amide bonds. The van der Waals surface area contributed by atoms with E-state index in [1.165, 1.54) is 6.20 Å². The third-order valence-electron chi connectivity index (χ3n) is 3.96. The number of benzene rings is 1. The Kier molecular flexibility index (Phi) is 4.46. The van der Waals surface area contributed by atoms with Crippen molar-refractivity contribution in [1.29, 1.82) is 0 Å². The lowest BCUT2D eigenvalue weighted by molar-refractivity contribution is 0.102. The summed E-state index contributed by atoms with van der Waals surface area (Å²) in [7, 11) is 0. The van der Waals surface area contributed by atoms with Crippen LogP contribution in [0.1, 0.15) is 42.4 Å². The van der Waals surface area contributed by atoms with Gasteiger partial charge in [-0.3, -0.25) is 4.79 Å². The van der Waals surface area contributed by atoms with Crippen LogP contribution in [0, 0.1) is 6.92 Å². The second-order valence-electron chi connectivity index (χ2n) is 5.76. The molecular weight excluding hydrogens is 304 g/mol. The minimum Gasteiger partial charge on any atom is -0.355 e. The van der Waals surface area contributed by atoms with E-state index in [0.29, 0.717) is 17.1 Å². The van der Waals surface area contributed by atoms with Crippen molar-refractivity contribution in [2.75, 3.05) is 5.32 Å². The molecule has 0 fully saturated rings. The molecule has 0 bridgehead atoms. The number of nitrogens with one attached hydrogen (secondary N) is 1. The van der Waals surface area contributed by atoms with E-state index in [1.54, 1.807) is 0 Å². The molecule has 0 aliphatic rings. The molecular formula is C18H20N4O2. The molecule has 0 aliphatic heterocycles. The minimum absolute atomic E-state index is 0.199. The highest BCUT2D eigenvalue weighted by Gasteiger charge is 2.20. The smallest absolute Gasteiger partial charge is 0.262 e. The van der Waals surface area contributed by atoms with Gasteiger partial charge in [-0.2, -0.15) is 5.10 Å². The molecule has 0 saturated heterocycles. The Bertz CT molecular complexity index is 836. The fourth-order valence-corrected chi connectivity index (χ4v) is 2.50. The van der Waals surface area contributed by atoms with Crippen molar-refractivity contribution in [3.05, 3.63) is 53.9 Å². The maximum atomic E-state index is 12.7. The number of hydrogen-bond donors (Lipinski definition) is 1. The summed E-state index contributed by atoms with van der Waals surface area (Å²) in [6, 6.07) is 11.5. The number of amides is 1. The normalized spacial score (nSPS) is 12.1. The predicted molar refractivity (Wildman–Crippen MR) is 91.9 cm³/mol. The number of aryl methyl sites for hydroxylation is 1. The lowest BCUT2D eigenvalue weighted by atomic mass is 10.1. The molecule has 0 aliphatic carbocycles. The van der Waals surface area contributed by atoms with Gasteiger partial charge in [-0.15, -0.1) is 0 Å². The van der Waals surface area contributed by atoms with E-state index in [2.05, 4.69) is 29.4 Å². The molecule has 6 nitrogen and oxygen atoms in total. The van der Waals surface area contributed by atoms with Crippen molar-refractivity contribution in [2.45, 2.75) is 33.2 Å². The Hall–Kier alpha value is -2.89. The largest absolute Gasteiger partial charge is 0.355 e. The summed E-state index contributed by atoms with van der Waals surface area (Å²) in [5.41, 5.74) is 2.07. The van der Waals surface area contributed by atoms with E-state index in [9.17, 15) is 4.79 Å². The van der Waals surface area contributed by atoms with Crippen LogP contribution in [0.5, 0.6) is 0 Å². The first-order chi connectivity index (χ1) is 11.6. The van der Waals surface area contributed by atoms with Gasteiger partial charge in [0.1, 0.15) is 11.4 Å². The summed E-state index contributed by atoms with van der Waals surface area (Å²) >= 11 is 0. The van der Waals surface area contributed by atoms with Crippen molar-refractivity contribution in [2.24, 2.45) is 0 Å². The van der Waals surface area contributed by atoms with Crippen LogP contribution < -0.4 is 5.32 Å². The van der Waals surface area contributed by atoms with Crippen molar-refractivity contribution >= 4 is 11.7 Å². The fourth-order valence-electron chi connectivity index (χ4n) is 2.50. The van der Waals surface area contributed by atoms with Gasteiger partial charge in [-0.1, -0.05) is 42.4 Å². The number of carbonyl (C=O) groups is 1. The van der Waals surface area contributed by atoms with Gasteiger partial charge in [0.05, 0.1) is 17.9 Å². The molecule has 2 heterocycles. The lowest BCUT2D eigenvalue weighted by Crippen LogP contribution is -2.17. The Labute approximate surface area is 140 Å². The first-order valence-corrected chi connectivity index (χ1v) is 7.97. The van der Waals surface area contributed by atoms with Crippen LogP contribution in [0.2, 0.25) is 0 Å². The molecule has 1 unspecified atom stereocenters. The highest BCUT2D eigenvalue weighted by atomic mass is 16.5. The van der Waals surface area contributed by atoms with Gasteiger partial charge in [-0.05, 0) is 20.3 Å². The average Bonchev–Trinajstić information content (AvgIpc) is 3.21. The number of anilines is 1. The van der Waals surface area contributed by atoms with Crippen molar-refractivity contribution in [1.82, 2.24) is 14.9 Å². The molecule has 3 aromatic rings. The van der Waals surface area contributed by atoms with E-state index in [4.69, 9.17) is 4.52 Å². The third-order valence-corrected chi connectivity index (χ3v) is 3.96. The molecule has 2 aromatic heterocycles. The predicted octanol–water partition coefficient (Wildman–Crippen LogP) is 4.07. The topological polar surface area (TPSA) is 73.0 Å². The molecule has 0 radical (unpaired) electrons. The van der Waals surface area contributed by atoms with Crippen LogP contribution in [0.25, 0.3) is 11.3 Å². The van der Waals surface area contributed by atoms with Gasteiger partial charge in [0.15, 0.2) is 5.76 Å². The molecule has 0 spiro atoms. The van der Waals surface area contributed by atoms with Gasteiger partial charge < -0.3 is 9.84 Å². The Morgan fingerprint density at radius 2 is 2.08 bits per heavy atom. The van der Waals surface area contributed by atoms with Gasteiger partial charge in [0, 0.05) is 11.6 Å². The maximum absolute atomic E-state index is 12.7. The number of aromatic nitrogens is 3. The van der Waals surface area contributed by atoms with Crippen LogP contribution in [-0.4, -0.2) is 20.8 Å².